The van der Waals surface area contributed by atoms with E-state index in [1.54, 1.807) is 21.5 Å². The molecule has 0 fully saturated rings. The van der Waals surface area contributed by atoms with Gasteiger partial charge in [-0.25, -0.2) is 9.50 Å². The van der Waals surface area contributed by atoms with E-state index in [0.717, 1.165) is 28.1 Å². The van der Waals surface area contributed by atoms with Gasteiger partial charge in [0.15, 0.2) is 0 Å². The largest absolute Gasteiger partial charge is 0.441 e. The summed E-state index contributed by atoms with van der Waals surface area (Å²) >= 11 is 0. The fourth-order valence-electron chi connectivity index (χ4n) is 3.56. The first-order chi connectivity index (χ1) is 14.6. The van der Waals surface area contributed by atoms with Crippen LogP contribution in [0.5, 0.6) is 0 Å². The van der Waals surface area contributed by atoms with Gasteiger partial charge in [0.25, 0.3) is 5.56 Å². The van der Waals surface area contributed by atoms with E-state index < -0.39 is 0 Å². The van der Waals surface area contributed by atoms with Crippen molar-refractivity contribution in [1.29, 1.82) is 0 Å². The predicted molar refractivity (Wildman–Crippen MR) is 115 cm³/mol. The molecule has 0 radical (unpaired) electrons. The smallest absolute Gasteiger partial charge is 0.276 e. The van der Waals surface area contributed by atoms with Crippen LogP contribution in [0, 0.1) is 13.8 Å². The van der Waals surface area contributed by atoms with Gasteiger partial charge in [-0.3, -0.25) is 4.79 Å². The summed E-state index contributed by atoms with van der Waals surface area (Å²) in [5, 5.41) is 4.53. The molecule has 5 aromatic rings. The molecule has 0 unspecified atom stereocenters. The van der Waals surface area contributed by atoms with Crippen LogP contribution in [0.4, 0.5) is 0 Å². The van der Waals surface area contributed by atoms with Gasteiger partial charge in [0, 0.05) is 23.5 Å². The van der Waals surface area contributed by atoms with Crippen molar-refractivity contribution in [1.82, 2.24) is 19.2 Å². The van der Waals surface area contributed by atoms with Crippen LogP contribution in [0.15, 0.2) is 82.3 Å². The number of aromatic nitrogens is 4. The third-order valence-electron chi connectivity index (χ3n) is 5.26. The fourth-order valence-corrected chi connectivity index (χ4v) is 3.56. The topological polar surface area (TPSA) is 65.3 Å². The van der Waals surface area contributed by atoms with Crippen molar-refractivity contribution in [3.63, 3.8) is 0 Å². The highest BCUT2D eigenvalue weighted by atomic mass is 16.4. The van der Waals surface area contributed by atoms with E-state index in [2.05, 4.69) is 10.1 Å². The van der Waals surface area contributed by atoms with E-state index in [-0.39, 0.29) is 5.56 Å². The number of rotatable bonds is 4. The molecule has 0 N–H and O–H groups in total. The highest BCUT2D eigenvalue weighted by molar-refractivity contribution is 5.65. The number of hydrogen-bond acceptors (Lipinski definition) is 4. The maximum atomic E-state index is 13.1. The van der Waals surface area contributed by atoms with Gasteiger partial charge in [-0.05, 0) is 31.5 Å². The first-order valence-corrected chi connectivity index (χ1v) is 9.77. The van der Waals surface area contributed by atoms with Crippen LogP contribution >= 0.6 is 0 Å². The predicted octanol–water partition coefficient (Wildman–Crippen LogP) is 4.48. The van der Waals surface area contributed by atoms with Crippen LogP contribution in [-0.4, -0.2) is 19.2 Å². The van der Waals surface area contributed by atoms with Crippen molar-refractivity contribution in [3.8, 4) is 22.7 Å². The van der Waals surface area contributed by atoms with Crippen molar-refractivity contribution in [2.75, 3.05) is 0 Å². The molecule has 148 valence electrons. The lowest BCUT2D eigenvalue weighted by atomic mass is 10.1. The molecule has 0 atom stereocenters. The Labute approximate surface area is 173 Å². The molecule has 0 aliphatic heterocycles. The van der Waals surface area contributed by atoms with Gasteiger partial charge in [0.05, 0.1) is 12.2 Å². The van der Waals surface area contributed by atoms with Crippen LogP contribution in [0.25, 0.3) is 28.2 Å². The summed E-state index contributed by atoms with van der Waals surface area (Å²) in [6.45, 7) is 4.24. The molecule has 0 saturated carbocycles. The minimum absolute atomic E-state index is 0.118. The summed E-state index contributed by atoms with van der Waals surface area (Å²) in [6.07, 6.45) is 3.53. The Hall–Kier alpha value is -3.93. The van der Waals surface area contributed by atoms with Gasteiger partial charge in [0.1, 0.15) is 17.0 Å². The summed E-state index contributed by atoms with van der Waals surface area (Å²) < 4.78 is 9.16. The van der Waals surface area contributed by atoms with Crippen LogP contribution in [-0.2, 0) is 6.54 Å². The molecule has 30 heavy (non-hydrogen) atoms. The average Bonchev–Trinajstić information content (AvgIpc) is 3.35. The van der Waals surface area contributed by atoms with Crippen LogP contribution in [0.1, 0.15) is 17.0 Å². The van der Waals surface area contributed by atoms with E-state index >= 15 is 0 Å². The summed E-state index contributed by atoms with van der Waals surface area (Å²) in [4.78, 5) is 17.7. The average molecular weight is 396 g/mol. The van der Waals surface area contributed by atoms with E-state index in [9.17, 15) is 4.79 Å². The van der Waals surface area contributed by atoms with Crippen LogP contribution in [0.3, 0.4) is 0 Å². The lowest BCUT2D eigenvalue weighted by molar-refractivity contribution is 0.537. The van der Waals surface area contributed by atoms with Crippen molar-refractivity contribution >= 4 is 5.52 Å². The van der Waals surface area contributed by atoms with Gasteiger partial charge in [-0.15, -0.1) is 0 Å². The molecule has 5 rings (SSSR count). The van der Waals surface area contributed by atoms with Crippen LogP contribution in [0.2, 0.25) is 0 Å². The van der Waals surface area contributed by atoms with E-state index in [1.807, 2.05) is 74.5 Å². The molecule has 6 nitrogen and oxygen atoms in total. The van der Waals surface area contributed by atoms with Crippen molar-refractivity contribution < 1.29 is 4.42 Å². The molecule has 2 aromatic carbocycles. The number of aryl methyl sites for hydroxylation is 2. The SMILES string of the molecule is Cc1ccccc1-c1nc(Cn2ccn3nc(-c4ccccc4)cc3c2=O)c(C)o1. The molecular formula is C24H20N4O2. The Bertz CT molecular complexity index is 1410. The second kappa shape index (κ2) is 7.15. The second-order valence-corrected chi connectivity index (χ2v) is 7.29. The number of hydrogen-bond donors (Lipinski definition) is 0. The zero-order valence-electron chi connectivity index (χ0n) is 16.7. The standard InChI is InChI=1S/C24H20N4O2/c1-16-8-6-7-11-19(16)23-25-21(17(2)30-23)15-27-12-13-28-22(24(27)29)14-20(26-28)18-9-4-3-5-10-18/h3-14H,15H2,1-2H3. The highest BCUT2D eigenvalue weighted by Gasteiger charge is 2.15. The Morgan fingerprint density at radius 3 is 2.53 bits per heavy atom. The Morgan fingerprint density at radius 2 is 1.73 bits per heavy atom. The molecule has 0 saturated heterocycles. The number of oxazole rings is 1. The summed E-state index contributed by atoms with van der Waals surface area (Å²) in [6, 6.07) is 19.6. The van der Waals surface area contributed by atoms with Gasteiger partial charge < -0.3 is 8.98 Å². The van der Waals surface area contributed by atoms with Gasteiger partial charge in [-0.2, -0.15) is 5.10 Å². The monoisotopic (exact) mass is 396 g/mol. The third-order valence-corrected chi connectivity index (χ3v) is 5.26. The van der Waals surface area contributed by atoms with Crippen molar-refractivity contribution in [2.24, 2.45) is 0 Å². The molecule has 0 spiro atoms. The van der Waals surface area contributed by atoms with Gasteiger partial charge in [-0.1, -0.05) is 48.5 Å². The van der Waals surface area contributed by atoms with Crippen molar-refractivity contribution in [3.05, 3.63) is 100 Å². The quantitative estimate of drug-likeness (QED) is 0.449. The fraction of sp³-hybridized carbons (Fsp3) is 0.125. The summed E-state index contributed by atoms with van der Waals surface area (Å²) in [7, 11) is 0. The number of benzene rings is 2. The molecule has 3 aromatic heterocycles. The van der Waals surface area contributed by atoms with E-state index in [1.165, 1.54) is 0 Å². The first kappa shape index (κ1) is 18.1. The Balaban J connectivity index is 1.51. The van der Waals surface area contributed by atoms with Crippen molar-refractivity contribution in [2.45, 2.75) is 20.4 Å². The van der Waals surface area contributed by atoms with E-state index in [4.69, 9.17) is 4.42 Å². The van der Waals surface area contributed by atoms with E-state index in [0.29, 0.717) is 23.7 Å². The summed E-state index contributed by atoms with van der Waals surface area (Å²) in [5.41, 5.74) is 4.94. The zero-order valence-corrected chi connectivity index (χ0v) is 16.7. The van der Waals surface area contributed by atoms with Crippen LogP contribution < -0.4 is 5.56 Å². The molecular weight excluding hydrogens is 376 g/mol. The molecule has 0 aliphatic carbocycles. The molecule has 0 aliphatic rings. The highest BCUT2D eigenvalue weighted by Crippen LogP contribution is 2.25. The normalized spacial score (nSPS) is 11.3. The number of fused-ring (bicyclic) bond motifs is 1. The Kier molecular flexibility index (Phi) is 4.32. The maximum absolute atomic E-state index is 13.1. The second-order valence-electron chi connectivity index (χ2n) is 7.29. The first-order valence-electron chi connectivity index (χ1n) is 9.77. The lowest BCUT2D eigenvalue weighted by Crippen LogP contribution is -2.22. The lowest BCUT2D eigenvalue weighted by Gasteiger charge is -2.04. The molecule has 0 bridgehead atoms. The molecule has 3 heterocycles. The minimum atomic E-state index is -0.118. The Morgan fingerprint density at radius 1 is 0.967 bits per heavy atom. The minimum Gasteiger partial charge on any atom is -0.441 e. The van der Waals surface area contributed by atoms with Gasteiger partial charge >= 0.3 is 0 Å². The van der Waals surface area contributed by atoms with Gasteiger partial charge in [0.2, 0.25) is 5.89 Å². The molecule has 0 amide bonds. The zero-order chi connectivity index (χ0) is 20.7. The molecule has 6 heteroatoms. The third kappa shape index (κ3) is 3.12. The maximum Gasteiger partial charge on any atom is 0.276 e. The summed E-state index contributed by atoms with van der Waals surface area (Å²) in [5.74, 6) is 1.28. The number of nitrogens with zero attached hydrogens (tertiary/aromatic N) is 4.